The third kappa shape index (κ3) is 2.90. The van der Waals surface area contributed by atoms with Gasteiger partial charge >= 0.3 is 0 Å². The summed E-state index contributed by atoms with van der Waals surface area (Å²) in [5.41, 5.74) is 1.87. The molecule has 2 fully saturated rings. The van der Waals surface area contributed by atoms with Crippen LogP contribution in [-0.2, 0) is 11.3 Å². The van der Waals surface area contributed by atoms with Crippen molar-refractivity contribution in [2.24, 2.45) is 5.92 Å². The van der Waals surface area contributed by atoms with Gasteiger partial charge in [-0.25, -0.2) is 9.37 Å². The van der Waals surface area contributed by atoms with Gasteiger partial charge in [0.15, 0.2) is 0 Å². The average Bonchev–Trinajstić information content (AvgIpc) is 3.43. The first-order valence-electron chi connectivity index (χ1n) is 7.68. The van der Waals surface area contributed by atoms with Crippen LogP contribution in [0.1, 0.15) is 47.4 Å². The van der Waals surface area contributed by atoms with E-state index in [1.807, 2.05) is 11.4 Å². The van der Waals surface area contributed by atoms with E-state index in [0.717, 1.165) is 17.7 Å². The van der Waals surface area contributed by atoms with E-state index in [1.54, 1.807) is 17.4 Å². The van der Waals surface area contributed by atoms with Crippen LogP contribution in [0.3, 0.4) is 0 Å². The quantitative estimate of drug-likeness (QED) is 0.916. The lowest BCUT2D eigenvalue weighted by atomic mass is 10.1. The predicted octanol–water partition coefficient (Wildman–Crippen LogP) is 3.58. The molecule has 2 aliphatic rings. The summed E-state index contributed by atoms with van der Waals surface area (Å²) in [4.78, 5) is 16.7. The monoisotopic (exact) mass is 316 g/mol. The van der Waals surface area contributed by atoms with Crippen molar-refractivity contribution in [1.29, 1.82) is 0 Å². The van der Waals surface area contributed by atoms with E-state index in [-0.39, 0.29) is 23.6 Å². The molecule has 2 aromatic rings. The maximum Gasteiger partial charge on any atom is 0.224 e. The molecule has 1 aromatic heterocycles. The Balaban J connectivity index is 1.31. The number of carbonyl (C=O) groups is 1. The van der Waals surface area contributed by atoms with Crippen LogP contribution in [-0.4, -0.2) is 10.9 Å². The fourth-order valence-electron chi connectivity index (χ4n) is 2.82. The number of carbonyl (C=O) groups excluding carboxylic acids is 1. The zero-order valence-corrected chi connectivity index (χ0v) is 12.9. The molecule has 3 nitrogen and oxygen atoms in total. The lowest BCUT2D eigenvalue weighted by Gasteiger charge is -2.03. The minimum Gasteiger partial charge on any atom is -0.350 e. The fourth-order valence-corrected chi connectivity index (χ4v) is 3.81. The molecule has 0 aliphatic heterocycles. The second-order valence-electron chi connectivity index (χ2n) is 6.17. The van der Waals surface area contributed by atoms with Crippen LogP contribution in [0.25, 0.3) is 0 Å². The summed E-state index contributed by atoms with van der Waals surface area (Å²) in [6.07, 6.45) is 3.30. The van der Waals surface area contributed by atoms with Crippen molar-refractivity contribution in [3.63, 3.8) is 0 Å². The first-order valence-corrected chi connectivity index (χ1v) is 8.56. The number of benzene rings is 1. The van der Waals surface area contributed by atoms with Crippen molar-refractivity contribution in [1.82, 2.24) is 10.3 Å². The van der Waals surface area contributed by atoms with Crippen LogP contribution < -0.4 is 5.32 Å². The Morgan fingerprint density at radius 2 is 2.27 bits per heavy atom. The minimum atomic E-state index is -0.237. The highest BCUT2D eigenvalue weighted by Gasteiger charge is 2.43. The molecule has 1 N–H and O–H groups in total. The van der Waals surface area contributed by atoms with Gasteiger partial charge in [0.25, 0.3) is 0 Å². The normalized spacial score (nSPS) is 23.3. The summed E-state index contributed by atoms with van der Waals surface area (Å²) in [6.45, 7) is 0.494. The van der Waals surface area contributed by atoms with Gasteiger partial charge in [0.05, 0.1) is 17.2 Å². The summed E-state index contributed by atoms with van der Waals surface area (Å²) in [7, 11) is 0. The van der Waals surface area contributed by atoms with Crippen LogP contribution in [0.5, 0.6) is 0 Å². The number of aromatic nitrogens is 1. The van der Waals surface area contributed by atoms with E-state index < -0.39 is 0 Å². The zero-order valence-electron chi connectivity index (χ0n) is 12.1. The lowest BCUT2D eigenvalue weighted by Crippen LogP contribution is -2.25. The number of nitrogens with one attached hydrogen (secondary N) is 1. The number of halogens is 1. The third-order valence-electron chi connectivity index (χ3n) is 4.34. The highest BCUT2D eigenvalue weighted by Crippen LogP contribution is 2.47. The van der Waals surface area contributed by atoms with Gasteiger partial charge in [0.1, 0.15) is 5.82 Å². The fraction of sp³-hybridized carbons (Fsp3) is 0.412. The van der Waals surface area contributed by atoms with Crippen molar-refractivity contribution in [3.8, 4) is 0 Å². The molecule has 2 aliphatic carbocycles. The minimum absolute atomic E-state index is 0.0247. The van der Waals surface area contributed by atoms with Crippen LogP contribution in [0.15, 0.2) is 29.6 Å². The number of nitrogens with zero attached hydrogens (tertiary/aromatic N) is 1. The van der Waals surface area contributed by atoms with E-state index in [2.05, 4.69) is 10.3 Å². The molecular formula is C17H17FN2OS. The number of rotatable bonds is 5. The van der Waals surface area contributed by atoms with Gasteiger partial charge in [-0.15, -0.1) is 11.3 Å². The highest BCUT2D eigenvalue weighted by molar-refractivity contribution is 7.09. The Morgan fingerprint density at radius 1 is 1.41 bits per heavy atom. The molecule has 0 saturated heterocycles. The SMILES string of the molecule is O=C(NCc1csc(C2CC2)n1)[C@H]1C[C@@H]1c1cccc(F)c1. The molecule has 0 bridgehead atoms. The van der Waals surface area contributed by atoms with E-state index in [9.17, 15) is 9.18 Å². The standard InChI is InChI=1S/C17H17FN2OS/c18-12-3-1-2-11(6-12)14-7-15(14)16(21)19-8-13-9-22-17(20-13)10-4-5-10/h1-3,6,9-10,14-15H,4-5,7-8H2,(H,19,21)/t14-,15+/m1/s1. The van der Waals surface area contributed by atoms with Crippen molar-refractivity contribution < 1.29 is 9.18 Å². The molecule has 4 rings (SSSR count). The van der Waals surface area contributed by atoms with E-state index >= 15 is 0 Å². The number of amides is 1. The summed E-state index contributed by atoms with van der Waals surface area (Å²) in [5, 5.41) is 6.19. The molecule has 1 aromatic carbocycles. The van der Waals surface area contributed by atoms with Crippen LogP contribution in [0.2, 0.25) is 0 Å². The molecule has 22 heavy (non-hydrogen) atoms. The van der Waals surface area contributed by atoms with E-state index in [0.29, 0.717) is 12.5 Å². The molecule has 2 atom stereocenters. The molecule has 0 unspecified atom stereocenters. The van der Waals surface area contributed by atoms with Gasteiger partial charge in [-0.1, -0.05) is 12.1 Å². The Morgan fingerprint density at radius 3 is 3.05 bits per heavy atom. The molecular weight excluding hydrogens is 299 g/mol. The molecule has 5 heteroatoms. The average molecular weight is 316 g/mol. The second-order valence-corrected chi connectivity index (χ2v) is 7.06. The van der Waals surface area contributed by atoms with Crippen LogP contribution in [0.4, 0.5) is 4.39 Å². The van der Waals surface area contributed by atoms with Crippen molar-refractivity contribution in [2.45, 2.75) is 37.6 Å². The van der Waals surface area contributed by atoms with Crippen LogP contribution >= 0.6 is 11.3 Å². The highest BCUT2D eigenvalue weighted by atomic mass is 32.1. The molecule has 1 amide bonds. The maximum absolute atomic E-state index is 13.2. The molecule has 114 valence electrons. The van der Waals surface area contributed by atoms with E-state index in [4.69, 9.17) is 0 Å². The van der Waals surface area contributed by atoms with E-state index in [1.165, 1.54) is 30.0 Å². The number of hydrogen-bond acceptors (Lipinski definition) is 3. The topological polar surface area (TPSA) is 42.0 Å². The Bertz CT molecular complexity index is 710. The molecule has 0 spiro atoms. The van der Waals surface area contributed by atoms with Gasteiger partial charge in [-0.3, -0.25) is 4.79 Å². The molecule has 1 heterocycles. The second kappa shape index (κ2) is 5.47. The maximum atomic E-state index is 13.2. The number of hydrogen-bond donors (Lipinski definition) is 1. The van der Waals surface area contributed by atoms with Gasteiger partial charge in [-0.2, -0.15) is 0 Å². The molecule has 2 saturated carbocycles. The lowest BCUT2D eigenvalue weighted by molar-refractivity contribution is -0.122. The Labute approximate surface area is 132 Å². The third-order valence-corrected chi connectivity index (χ3v) is 5.40. The van der Waals surface area contributed by atoms with Crippen molar-refractivity contribution >= 4 is 17.2 Å². The van der Waals surface area contributed by atoms with Gasteiger partial charge < -0.3 is 5.32 Å². The Hall–Kier alpha value is -1.75. The first kappa shape index (κ1) is 13.9. The van der Waals surface area contributed by atoms with Gasteiger partial charge in [-0.05, 0) is 42.9 Å². The van der Waals surface area contributed by atoms with Gasteiger partial charge in [0.2, 0.25) is 5.91 Å². The largest absolute Gasteiger partial charge is 0.350 e. The smallest absolute Gasteiger partial charge is 0.224 e. The molecule has 0 radical (unpaired) electrons. The van der Waals surface area contributed by atoms with Gasteiger partial charge in [0, 0.05) is 17.2 Å². The van der Waals surface area contributed by atoms with Crippen molar-refractivity contribution in [2.75, 3.05) is 0 Å². The summed E-state index contributed by atoms with van der Waals surface area (Å²) in [6, 6.07) is 6.55. The van der Waals surface area contributed by atoms with Crippen molar-refractivity contribution in [3.05, 3.63) is 51.7 Å². The summed E-state index contributed by atoms with van der Waals surface area (Å²) in [5.74, 6) is 0.612. The summed E-state index contributed by atoms with van der Waals surface area (Å²) < 4.78 is 13.2. The zero-order chi connectivity index (χ0) is 15.1. The van der Waals surface area contributed by atoms with Crippen LogP contribution in [0, 0.1) is 11.7 Å². The summed E-state index contributed by atoms with van der Waals surface area (Å²) >= 11 is 1.69. The Kier molecular flexibility index (Phi) is 3.45. The first-order chi connectivity index (χ1) is 10.7. The predicted molar refractivity (Wildman–Crippen MR) is 83.2 cm³/mol. The number of thiazole rings is 1.